The second-order valence-corrected chi connectivity index (χ2v) is 5.20. The summed E-state index contributed by atoms with van der Waals surface area (Å²) in [7, 11) is 1.60. The van der Waals surface area contributed by atoms with E-state index in [0.29, 0.717) is 37.0 Å². The minimum Gasteiger partial charge on any atom is -0.473 e. The number of aromatic nitrogens is 2. The van der Waals surface area contributed by atoms with Gasteiger partial charge in [-0.25, -0.2) is 4.98 Å². The van der Waals surface area contributed by atoms with Gasteiger partial charge in [-0.15, -0.1) is 0 Å². The van der Waals surface area contributed by atoms with Crippen LogP contribution in [0.1, 0.15) is 27.2 Å². The van der Waals surface area contributed by atoms with Crippen LogP contribution in [0.3, 0.4) is 0 Å². The van der Waals surface area contributed by atoms with E-state index in [0.717, 1.165) is 0 Å². The standard InChI is InChI=1S/C13H24N4O3/c1-9(2)20-12-10(14)11(16-8-17-12)15-7-13(3,18)5-6-19-4/h8-9,18H,5-7,14H2,1-4H3,(H,15,16,17). The van der Waals surface area contributed by atoms with Gasteiger partial charge in [0.05, 0.1) is 11.7 Å². The van der Waals surface area contributed by atoms with E-state index in [4.69, 9.17) is 15.2 Å². The van der Waals surface area contributed by atoms with Gasteiger partial charge in [-0.3, -0.25) is 0 Å². The molecule has 0 radical (unpaired) electrons. The summed E-state index contributed by atoms with van der Waals surface area (Å²) in [5.41, 5.74) is 5.37. The zero-order chi connectivity index (χ0) is 15.2. The van der Waals surface area contributed by atoms with Gasteiger partial charge in [0.15, 0.2) is 5.82 Å². The van der Waals surface area contributed by atoms with Crippen molar-refractivity contribution in [3.63, 3.8) is 0 Å². The molecular weight excluding hydrogens is 260 g/mol. The topological polar surface area (TPSA) is 103 Å². The number of methoxy groups -OCH3 is 1. The largest absolute Gasteiger partial charge is 0.473 e. The van der Waals surface area contributed by atoms with Crippen molar-refractivity contribution in [1.29, 1.82) is 0 Å². The number of nitrogens with one attached hydrogen (secondary N) is 1. The van der Waals surface area contributed by atoms with E-state index in [2.05, 4.69) is 15.3 Å². The Hall–Kier alpha value is -1.60. The molecule has 0 saturated carbocycles. The molecule has 20 heavy (non-hydrogen) atoms. The molecule has 0 fully saturated rings. The monoisotopic (exact) mass is 284 g/mol. The molecule has 0 spiro atoms. The van der Waals surface area contributed by atoms with Crippen LogP contribution in [-0.2, 0) is 4.74 Å². The van der Waals surface area contributed by atoms with Crippen molar-refractivity contribution < 1.29 is 14.6 Å². The Labute approximate surface area is 119 Å². The summed E-state index contributed by atoms with van der Waals surface area (Å²) >= 11 is 0. The number of ether oxygens (including phenoxy) is 2. The van der Waals surface area contributed by atoms with E-state index in [9.17, 15) is 5.11 Å². The first-order valence-corrected chi connectivity index (χ1v) is 6.58. The van der Waals surface area contributed by atoms with Crippen LogP contribution in [-0.4, -0.2) is 47.0 Å². The highest BCUT2D eigenvalue weighted by molar-refractivity contribution is 5.66. The summed E-state index contributed by atoms with van der Waals surface area (Å²) < 4.78 is 10.4. The first kappa shape index (κ1) is 16.5. The van der Waals surface area contributed by atoms with Crippen molar-refractivity contribution in [2.24, 2.45) is 0 Å². The van der Waals surface area contributed by atoms with Gasteiger partial charge in [0, 0.05) is 26.7 Å². The van der Waals surface area contributed by atoms with Crippen molar-refractivity contribution in [2.75, 3.05) is 31.3 Å². The van der Waals surface area contributed by atoms with Crippen LogP contribution in [0.4, 0.5) is 11.5 Å². The lowest BCUT2D eigenvalue weighted by Crippen LogP contribution is -2.35. The predicted molar refractivity (Wildman–Crippen MR) is 77.8 cm³/mol. The molecule has 4 N–H and O–H groups in total. The number of aliphatic hydroxyl groups is 1. The number of hydrogen-bond donors (Lipinski definition) is 3. The molecule has 114 valence electrons. The second kappa shape index (κ2) is 7.25. The van der Waals surface area contributed by atoms with E-state index in [1.165, 1.54) is 6.33 Å². The third-order valence-corrected chi connectivity index (χ3v) is 2.68. The molecule has 1 heterocycles. The SMILES string of the molecule is COCCC(C)(O)CNc1ncnc(OC(C)C)c1N. The highest BCUT2D eigenvalue weighted by atomic mass is 16.5. The lowest BCUT2D eigenvalue weighted by Gasteiger charge is -2.24. The normalized spacial score (nSPS) is 14.1. The van der Waals surface area contributed by atoms with E-state index in [1.807, 2.05) is 13.8 Å². The molecule has 7 nitrogen and oxygen atoms in total. The number of hydrogen-bond acceptors (Lipinski definition) is 7. The van der Waals surface area contributed by atoms with Gasteiger partial charge in [-0.2, -0.15) is 4.98 Å². The minimum absolute atomic E-state index is 0.0233. The average Bonchev–Trinajstić information content (AvgIpc) is 2.37. The third-order valence-electron chi connectivity index (χ3n) is 2.68. The second-order valence-electron chi connectivity index (χ2n) is 5.20. The van der Waals surface area contributed by atoms with Gasteiger partial charge in [0.25, 0.3) is 0 Å². The van der Waals surface area contributed by atoms with Gasteiger partial charge >= 0.3 is 0 Å². The van der Waals surface area contributed by atoms with Crippen LogP contribution in [0.15, 0.2) is 6.33 Å². The summed E-state index contributed by atoms with van der Waals surface area (Å²) in [4.78, 5) is 8.05. The lowest BCUT2D eigenvalue weighted by atomic mass is 10.0. The molecule has 0 amide bonds. The van der Waals surface area contributed by atoms with Gasteiger partial charge in [0.1, 0.15) is 12.0 Å². The molecule has 7 heteroatoms. The highest BCUT2D eigenvalue weighted by Crippen LogP contribution is 2.26. The maximum Gasteiger partial charge on any atom is 0.242 e. The third kappa shape index (κ3) is 5.18. The van der Waals surface area contributed by atoms with Crippen molar-refractivity contribution in [3.05, 3.63) is 6.33 Å². The van der Waals surface area contributed by atoms with Crippen molar-refractivity contribution in [3.8, 4) is 5.88 Å². The summed E-state index contributed by atoms with van der Waals surface area (Å²) in [5.74, 6) is 0.794. The number of anilines is 2. The fraction of sp³-hybridized carbons (Fsp3) is 0.692. The van der Waals surface area contributed by atoms with Crippen LogP contribution in [0.25, 0.3) is 0 Å². The molecule has 0 aliphatic rings. The molecule has 0 bridgehead atoms. The fourth-order valence-electron chi connectivity index (χ4n) is 1.52. The molecular formula is C13H24N4O3. The van der Waals surface area contributed by atoms with Crippen LogP contribution < -0.4 is 15.8 Å². The summed E-state index contributed by atoms with van der Waals surface area (Å²) in [6.45, 7) is 6.30. The average molecular weight is 284 g/mol. The van der Waals surface area contributed by atoms with E-state index < -0.39 is 5.60 Å². The predicted octanol–water partition coefficient (Wildman–Crippen LogP) is 1.05. The number of nitrogens with zero attached hydrogens (tertiary/aromatic N) is 2. The molecule has 0 aliphatic carbocycles. The van der Waals surface area contributed by atoms with Gasteiger partial charge in [0.2, 0.25) is 5.88 Å². The summed E-state index contributed by atoms with van der Waals surface area (Å²) in [6.07, 6.45) is 1.86. The minimum atomic E-state index is -0.910. The fourth-order valence-corrected chi connectivity index (χ4v) is 1.52. The Balaban J connectivity index is 2.68. The van der Waals surface area contributed by atoms with Gasteiger partial charge in [-0.05, 0) is 20.8 Å². The molecule has 1 rings (SSSR count). The van der Waals surface area contributed by atoms with Crippen LogP contribution in [0.5, 0.6) is 5.88 Å². The Morgan fingerprint density at radius 1 is 1.45 bits per heavy atom. The van der Waals surface area contributed by atoms with Crippen LogP contribution in [0, 0.1) is 0 Å². The number of nitrogens with two attached hydrogens (primary N) is 1. The smallest absolute Gasteiger partial charge is 0.242 e. The molecule has 1 unspecified atom stereocenters. The molecule has 0 saturated heterocycles. The lowest BCUT2D eigenvalue weighted by molar-refractivity contribution is 0.0357. The Kier molecular flexibility index (Phi) is 5.97. The summed E-state index contributed by atoms with van der Waals surface area (Å²) in [6, 6.07) is 0. The Bertz CT molecular complexity index is 424. The Morgan fingerprint density at radius 2 is 2.15 bits per heavy atom. The first-order chi connectivity index (χ1) is 9.35. The van der Waals surface area contributed by atoms with Crippen LogP contribution in [0.2, 0.25) is 0 Å². The zero-order valence-corrected chi connectivity index (χ0v) is 12.5. The summed E-state index contributed by atoms with van der Waals surface area (Å²) in [5, 5.41) is 13.2. The van der Waals surface area contributed by atoms with Crippen LogP contribution >= 0.6 is 0 Å². The Morgan fingerprint density at radius 3 is 2.75 bits per heavy atom. The van der Waals surface area contributed by atoms with E-state index in [1.54, 1.807) is 14.0 Å². The maximum atomic E-state index is 10.2. The van der Waals surface area contributed by atoms with Crippen molar-refractivity contribution >= 4 is 11.5 Å². The van der Waals surface area contributed by atoms with Gasteiger partial charge < -0.3 is 25.6 Å². The van der Waals surface area contributed by atoms with E-state index in [-0.39, 0.29) is 6.10 Å². The maximum absolute atomic E-state index is 10.2. The molecule has 1 aromatic heterocycles. The number of rotatable bonds is 8. The number of nitrogen functional groups attached to an aromatic ring is 1. The van der Waals surface area contributed by atoms with Gasteiger partial charge in [-0.1, -0.05) is 0 Å². The quantitative estimate of drug-likeness (QED) is 0.655. The highest BCUT2D eigenvalue weighted by Gasteiger charge is 2.21. The van der Waals surface area contributed by atoms with E-state index >= 15 is 0 Å². The molecule has 1 atom stereocenters. The molecule has 0 aromatic carbocycles. The molecule has 1 aromatic rings. The zero-order valence-electron chi connectivity index (χ0n) is 12.5. The first-order valence-electron chi connectivity index (χ1n) is 6.58. The van der Waals surface area contributed by atoms with Crippen molar-refractivity contribution in [2.45, 2.75) is 38.9 Å². The molecule has 0 aliphatic heterocycles. The van der Waals surface area contributed by atoms with Crippen molar-refractivity contribution in [1.82, 2.24) is 9.97 Å².